The fourth-order valence-electron chi connectivity index (χ4n) is 1.77. The lowest BCUT2D eigenvalue weighted by molar-refractivity contribution is -0.384. The van der Waals surface area contributed by atoms with Gasteiger partial charge in [-0.05, 0) is 19.9 Å². The van der Waals surface area contributed by atoms with E-state index >= 15 is 0 Å². The summed E-state index contributed by atoms with van der Waals surface area (Å²) < 4.78 is 0. The molecule has 8 heteroatoms. The Labute approximate surface area is 120 Å². The average Bonchev–Trinajstić information content (AvgIpc) is 2.85. The van der Waals surface area contributed by atoms with Crippen molar-refractivity contribution in [1.29, 1.82) is 0 Å². The number of benzene rings is 1. The molecule has 0 bridgehead atoms. The van der Waals surface area contributed by atoms with Crippen LogP contribution in [0.15, 0.2) is 23.6 Å². The third-order valence-corrected chi connectivity index (χ3v) is 3.83. The number of non-ortho nitro benzene ring substituents is 1. The van der Waals surface area contributed by atoms with Gasteiger partial charge in [-0.1, -0.05) is 0 Å². The number of hydrogen-bond donors (Lipinski definition) is 3. The van der Waals surface area contributed by atoms with E-state index in [0.29, 0.717) is 11.4 Å². The van der Waals surface area contributed by atoms with Crippen LogP contribution in [-0.2, 0) is 0 Å². The standard InChI is InChI=1S/C12H15N5O2S/c1-7-6-20-12(14-7)8(2)15-9-3-10(16-13)5-11(4-9)17(18)19/h3-6,8,15-16H,13H2,1-2H3. The second-order valence-corrected chi connectivity index (χ2v) is 5.25. The van der Waals surface area contributed by atoms with Crippen LogP contribution in [0.25, 0.3) is 0 Å². The van der Waals surface area contributed by atoms with E-state index in [1.54, 1.807) is 17.4 Å². The molecule has 0 amide bonds. The lowest BCUT2D eigenvalue weighted by Gasteiger charge is -2.13. The van der Waals surface area contributed by atoms with Crippen molar-refractivity contribution < 1.29 is 4.92 Å². The maximum absolute atomic E-state index is 10.9. The van der Waals surface area contributed by atoms with Crippen molar-refractivity contribution in [3.63, 3.8) is 0 Å². The van der Waals surface area contributed by atoms with Crippen LogP contribution in [0.3, 0.4) is 0 Å². The molecule has 0 aliphatic rings. The molecular weight excluding hydrogens is 278 g/mol. The summed E-state index contributed by atoms with van der Waals surface area (Å²) in [5.41, 5.74) is 4.45. The van der Waals surface area contributed by atoms with E-state index in [1.807, 2.05) is 19.2 Å². The molecule has 1 heterocycles. The molecule has 0 radical (unpaired) electrons. The smallest absolute Gasteiger partial charge is 0.273 e. The highest BCUT2D eigenvalue weighted by molar-refractivity contribution is 7.09. The zero-order valence-corrected chi connectivity index (χ0v) is 11.9. The van der Waals surface area contributed by atoms with E-state index in [1.165, 1.54) is 12.1 Å². The molecule has 0 spiro atoms. The first-order valence-corrected chi connectivity index (χ1v) is 6.82. The maximum Gasteiger partial charge on any atom is 0.273 e. The molecule has 7 nitrogen and oxygen atoms in total. The lowest BCUT2D eigenvalue weighted by atomic mass is 10.2. The summed E-state index contributed by atoms with van der Waals surface area (Å²) in [4.78, 5) is 14.8. The summed E-state index contributed by atoms with van der Waals surface area (Å²) in [6.45, 7) is 3.88. The maximum atomic E-state index is 10.9. The monoisotopic (exact) mass is 293 g/mol. The highest BCUT2D eigenvalue weighted by Gasteiger charge is 2.13. The summed E-state index contributed by atoms with van der Waals surface area (Å²) in [5, 5.41) is 17.0. The van der Waals surface area contributed by atoms with Gasteiger partial charge in [0.2, 0.25) is 0 Å². The number of hydrazine groups is 1. The number of aryl methyl sites for hydroxylation is 1. The van der Waals surface area contributed by atoms with E-state index in [4.69, 9.17) is 5.84 Å². The third-order valence-electron chi connectivity index (χ3n) is 2.69. The number of aromatic nitrogens is 1. The first kappa shape index (κ1) is 14.2. The summed E-state index contributed by atoms with van der Waals surface area (Å²) in [7, 11) is 0. The van der Waals surface area contributed by atoms with Crippen LogP contribution in [0.4, 0.5) is 17.1 Å². The van der Waals surface area contributed by atoms with Gasteiger partial charge in [0.05, 0.1) is 16.7 Å². The molecule has 106 valence electrons. The van der Waals surface area contributed by atoms with Crippen molar-refractivity contribution in [3.05, 3.63) is 44.4 Å². The zero-order valence-electron chi connectivity index (χ0n) is 11.1. The fourth-order valence-corrected chi connectivity index (χ4v) is 2.57. The van der Waals surface area contributed by atoms with E-state index in [-0.39, 0.29) is 11.7 Å². The first-order valence-electron chi connectivity index (χ1n) is 5.94. The number of nitro benzene ring substituents is 1. The van der Waals surface area contributed by atoms with Gasteiger partial charge in [0, 0.05) is 28.9 Å². The molecule has 0 aliphatic carbocycles. The number of rotatable bonds is 5. The normalized spacial score (nSPS) is 11.9. The van der Waals surface area contributed by atoms with Gasteiger partial charge in [0.1, 0.15) is 5.01 Å². The van der Waals surface area contributed by atoms with Crippen LogP contribution < -0.4 is 16.6 Å². The van der Waals surface area contributed by atoms with E-state index in [0.717, 1.165) is 10.7 Å². The number of hydrogen-bond acceptors (Lipinski definition) is 7. The Morgan fingerprint density at radius 3 is 2.65 bits per heavy atom. The number of nitrogen functional groups attached to an aromatic ring is 1. The van der Waals surface area contributed by atoms with Crippen molar-refractivity contribution in [2.75, 3.05) is 10.7 Å². The van der Waals surface area contributed by atoms with Crippen molar-refractivity contribution in [2.45, 2.75) is 19.9 Å². The van der Waals surface area contributed by atoms with Gasteiger partial charge in [-0.2, -0.15) is 0 Å². The predicted molar refractivity (Wildman–Crippen MR) is 79.8 cm³/mol. The molecule has 0 fully saturated rings. The minimum absolute atomic E-state index is 0.0227. The topological polar surface area (TPSA) is 106 Å². The Balaban J connectivity index is 2.24. The van der Waals surface area contributed by atoms with Crippen molar-refractivity contribution >= 4 is 28.4 Å². The van der Waals surface area contributed by atoms with Gasteiger partial charge in [0.25, 0.3) is 5.69 Å². The number of nitrogens with zero attached hydrogens (tertiary/aromatic N) is 2. The largest absolute Gasteiger partial charge is 0.376 e. The second kappa shape index (κ2) is 5.85. The Bertz CT molecular complexity index is 628. The lowest BCUT2D eigenvalue weighted by Crippen LogP contribution is -2.10. The Hall–Kier alpha value is -2.19. The van der Waals surface area contributed by atoms with Crippen LogP contribution >= 0.6 is 11.3 Å². The molecular formula is C12H15N5O2S. The van der Waals surface area contributed by atoms with Crippen molar-refractivity contribution in [3.8, 4) is 0 Å². The summed E-state index contributed by atoms with van der Waals surface area (Å²) in [6, 6.07) is 4.52. The van der Waals surface area contributed by atoms with E-state index in [9.17, 15) is 10.1 Å². The quantitative estimate of drug-likeness (QED) is 0.444. The third kappa shape index (κ3) is 3.22. The molecule has 4 N–H and O–H groups in total. The van der Waals surface area contributed by atoms with Crippen LogP contribution in [0.2, 0.25) is 0 Å². The molecule has 20 heavy (non-hydrogen) atoms. The van der Waals surface area contributed by atoms with Crippen LogP contribution in [-0.4, -0.2) is 9.91 Å². The Morgan fingerprint density at radius 1 is 1.40 bits per heavy atom. The molecule has 2 aromatic rings. The molecule has 1 aromatic carbocycles. The minimum Gasteiger partial charge on any atom is -0.376 e. The molecule has 0 saturated carbocycles. The second-order valence-electron chi connectivity index (χ2n) is 4.36. The van der Waals surface area contributed by atoms with E-state index in [2.05, 4.69) is 15.7 Å². The molecule has 1 aromatic heterocycles. The van der Waals surface area contributed by atoms with Crippen LogP contribution in [0, 0.1) is 17.0 Å². The van der Waals surface area contributed by atoms with Gasteiger partial charge in [0.15, 0.2) is 0 Å². The SMILES string of the molecule is Cc1csc(C(C)Nc2cc(NN)cc([N+](=O)[O-])c2)n1. The summed E-state index contributed by atoms with van der Waals surface area (Å²) in [5.74, 6) is 5.32. The number of nitrogens with two attached hydrogens (primary N) is 1. The highest BCUT2D eigenvalue weighted by atomic mass is 32.1. The Kier molecular flexibility index (Phi) is 4.16. The molecule has 0 saturated heterocycles. The number of nitrogens with one attached hydrogen (secondary N) is 2. The number of nitro groups is 1. The first-order chi connectivity index (χ1) is 9.49. The van der Waals surface area contributed by atoms with E-state index < -0.39 is 4.92 Å². The van der Waals surface area contributed by atoms with Gasteiger partial charge in [-0.15, -0.1) is 11.3 Å². The predicted octanol–water partition coefficient (Wildman–Crippen LogP) is 2.82. The van der Waals surface area contributed by atoms with Crippen molar-refractivity contribution in [1.82, 2.24) is 4.98 Å². The number of thiazole rings is 1. The summed E-state index contributed by atoms with van der Waals surface area (Å²) >= 11 is 1.55. The average molecular weight is 293 g/mol. The molecule has 0 aliphatic heterocycles. The van der Waals surface area contributed by atoms with Gasteiger partial charge in [-0.3, -0.25) is 16.0 Å². The van der Waals surface area contributed by atoms with Crippen molar-refractivity contribution in [2.24, 2.45) is 5.84 Å². The van der Waals surface area contributed by atoms with Gasteiger partial charge in [-0.25, -0.2) is 4.98 Å². The van der Waals surface area contributed by atoms with Gasteiger partial charge < -0.3 is 10.7 Å². The zero-order chi connectivity index (χ0) is 14.7. The fraction of sp³-hybridized carbons (Fsp3) is 0.250. The van der Waals surface area contributed by atoms with Gasteiger partial charge >= 0.3 is 0 Å². The minimum atomic E-state index is -0.454. The molecule has 1 atom stereocenters. The Morgan fingerprint density at radius 2 is 2.10 bits per heavy atom. The molecule has 2 rings (SSSR count). The number of anilines is 2. The molecule has 1 unspecified atom stereocenters. The summed E-state index contributed by atoms with van der Waals surface area (Å²) in [6.07, 6.45) is 0. The van der Waals surface area contributed by atoms with Crippen LogP contribution in [0.5, 0.6) is 0 Å². The van der Waals surface area contributed by atoms with Crippen LogP contribution in [0.1, 0.15) is 23.7 Å². The highest BCUT2D eigenvalue weighted by Crippen LogP contribution is 2.27.